The van der Waals surface area contributed by atoms with Gasteiger partial charge in [0.25, 0.3) is 0 Å². The van der Waals surface area contributed by atoms with E-state index in [0.29, 0.717) is 11.3 Å². The molecule has 2 nitrogen and oxygen atoms in total. The van der Waals surface area contributed by atoms with Gasteiger partial charge in [-0.25, -0.2) is 0 Å². The largest absolute Gasteiger partial charge is 0.461 e. The summed E-state index contributed by atoms with van der Waals surface area (Å²) in [5.74, 6) is 0.261. The predicted molar refractivity (Wildman–Crippen MR) is 61.0 cm³/mol. The van der Waals surface area contributed by atoms with Crippen LogP contribution in [0.15, 0.2) is 45.5 Å². The summed E-state index contributed by atoms with van der Waals surface area (Å²) in [5, 5.41) is 0. The number of furan rings is 1. The third-order valence-electron chi connectivity index (χ3n) is 2.18. The van der Waals surface area contributed by atoms with Crippen molar-refractivity contribution < 1.29 is 9.21 Å². The molecule has 0 N–H and O–H groups in total. The number of benzene rings is 1. The number of hydrogen-bond acceptors (Lipinski definition) is 2. The van der Waals surface area contributed by atoms with Crippen molar-refractivity contribution in [3.63, 3.8) is 0 Å². The van der Waals surface area contributed by atoms with Crippen LogP contribution >= 0.6 is 15.9 Å². The second-order valence-electron chi connectivity index (χ2n) is 3.24. The molecule has 2 rings (SSSR count). The first kappa shape index (κ1) is 10.2. The molecule has 1 aromatic carbocycles. The Labute approximate surface area is 96.0 Å². The normalized spacial score (nSPS) is 10.3. The molecule has 0 aliphatic heterocycles. The van der Waals surface area contributed by atoms with Crippen molar-refractivity contribution in [1.82, 2.24) is 0 Å². The predicted octanol–water partition coefficient (Wildman–Crippen LogP) is 3.58. The minimum atomic E-state index is -0.101. The Bertz CT molecular complexity index is 486. The van der Waals surface area contributed by atoms with Crippen LogP contribution in [-0.4, -0.2) is 5.78 Å². The minimum Gasteiger partial charge on any atom is -0.461 e. The average molecular weight is 265 g/mol. The van der Waals surface area contributed by atoms with Crippen LogP contribution < -0.4 is 0 Å². The van der Waals surface area contributed by atoms with Gasteiger partial charge in [-0.3, -0.25) is 4.79 Å². The van der Waals surface area contributed by atoms with Crippen molar-refractivity contribution in [3.8, 4) is 0 Å². The summed E-state index contributed by atoms with van der Waals surface area (Å²) in [6.45, 7) is 1.95. The summed E-state index contributed by atoms with van der Waals surface area (Å²) in [7, 11) is 0. The molecule has 1 heterocycles. The van der Waals surface area contributed by atoms with Gasteiger partial charge in [-0.05, 0) is 46.6 Å². The molecule has 0 fully saturated rings. The average Bonchev–Trinajstić information content (AvgIpc) is 2.74. The lowest BCUT2D eigenvalue weighted by atomic mass is 10.1. The Balaban J connectivity index is 2.47. The van der Waals surface area contributed by atoms with E-state index in [9.17, 15) is 4.79 Å². The maximum absolute atomic E-state index is 12.0. The Morgan fingerprint density at radius 2 is 2.07 bits per heavy atom. The standard InChI is InChI=1S/C12H9BrO2/c1-8-4-2-5-9(11(8)13)12(14)10-6-3-7-15-10/h2-7H,1H3. The van der Waals surface area contributed by atoms with E-state index in [1.165, 1.54) is 6.26 Å². The molecule has 0 aliphatic carbocycles. The summed E-state index contributed by atoms with van der Waals surface area (Å²) >= 11 is 3.40. The SMILES string of the molecule is Cc1cccc(C(=O)c2ccco2)c1Br. The first-order valence-corrected chi connectivity index (χ1v) is 5.33. The molecule has 0 radical (unpaired) electrons. The van der Waals surface area contributed by atoms with E-state index >= 15 is 0 Å². The summed E-state index contributed by atoms with van der Waals surface area (Å²) < 4.78 is 5.90. The maximum Gasteiger partial charge on any atom is 0.229 e. The number of aryl methyl sites for hydroxylation is 1. The molecule has 0 saturated heterocycles. The molecule has 0 atom stereocenters. The zero-order valence-corrected chi connectivity index (χ0v) is 9.74. The van der Waals surface area contributed by atoms with Gasteiger partial charge in [-0.2, -0.15) is 0 Å². The van der Waals surface area contributed by atoms with E-state index in [1.807, 2.05) is 19.1 Å². The van der Waals surface area contributed by atoms with Crippen LogP contribution in [0.25, 0.3) is 0 Å². The molecule has 0 bridgehead atoms. The molecule has 76 valence electrons. The highest BCUT2D eigenvalue weighted by atomic mass is 79.9. The summed E-state index contributed by atoms with van der Waals surface area (Å²) in [4.78, 5) is 12.0. The number of halogens is 1. The molecule has 1 aromatic heterocycles. The Morgan fingerprint density at radius 3 is 2.73 bits per heavy atom. The zero-order valence-electron chi connectivity index (χ0n) is 8.16. The summed E-state index contributed by atoms with van der Waals surface area (Å²) in [5.41, 5.74) is 1.66. The lowest BCUT2D eigenvalue weighted by Gasteiger charge is -2.03. The van der Waals surface area contributed by atoms with Crippen molar-refractivity contribution in [1.29, 1.82) is 0 Å². The topological polar surface area (TPSA) is 30.2 Å². The van der Waals surface area contributed by atoms with E-state index in [2.05, 4.69) is 15.9 Å². The smallest absolute Gasteiger partial charge is 0.229 e. The van der Waals surface area contributed by atoms with Gasteiger partial charge in [-0.1, -0.05) is 12.1 Å². The second kappa shape index (κ2) is 4.03. The fourth-order valence-corrected chi connectivity index (χ4v) is 1.81. The minimum absolute atomic E-state index is 0.101. The quantitative estimate of drug-likeness (QED) is 0.777. The third-order valence-corrected chi connectivity index (χ3v) is 3.23. The monoisotopic (exact) mass is 264 g/mol. The lowest BCUT2D eigenvalue weighted by molar-refractivity contribution is 0.101. The van der Waals surface area contributed by atoms with Crippen molar-refractivity contribution in [3.05, 3.63) is 58.0 Å². The van der Waals surface area contributed by atoms with E-state index in [0.717, 1.165) is 10.0 Å². The van der Waals surface area contributed by atoms with E-state index in [4.69, 9.17) is 4.42 Å². The van der Waals surface area contributed by atoms with Crippen molar-refractivity contribution in [2.24, 2.45) is 0 Å². The highest BCUT2D eigenvalue weighted by Crippen LogP contribution is 2.23. The van der Waals surface area contributed by atoms with Gasteiger partial charge < -0.3 is 4.42 Å². The molecular weight excluding hydrogens is 256 g/mol. The number of rotatable bonds is 2. The number of carbonyl (C=O) groups excluding carboxylic acids is 1. The van der Waals surface area contributed by atoms with E-state index in [-0.39, 0.29) is 5.78 Å². The molecule has 0 spiro atoms. The van der Waals surface area contributed by atoms with Crippen LogP contribution in [0, 0.1) is 6.92 Å². The van der Waals surface area contributed by atoms with Gasteiger partial charge in [0.05, 0.1) is 6.26 Å². The number of ketones is 1. The van der Waals surface area contributed by atoms with Crippen molar-refractivity contribution in [2.45, 2.75) is 6.92 Å². The number of carbonyl (C=O) groups is 1. The van der Waals surface area contributed by atoms with Crippen LogP contribution in [0.5, 0.6) is 0 Å². The summed E-state index contributed by atoms with van der Waals surface area (Å²) in [6, 6.07) is 8.95. The lowest BCUT2D eigenvalue weighted by Crippen LogP contribution is -2.01. The van der Waals surface area contributed by atoms with Crippen LogP contribution in [0.4, 0.5) is 0 Å². The van der Waals surface area contributed by atoms with Gasteiger partial charge in [-0.15, -0.1) is 0 Å². The van der Waals surface area contributed by atoms with E-state index in [1.54, 1.807) is 18.2 Å². The highest BCUT2D eigenvalue weighted by Gasteiger charge is 2.15. The molecule has 2 aromatic rings. The Kier molecular flexibility index (Phi) is 2.73. The van der Waals surface area contributed by atoms with Crippen molar-refractivity contribution in [2.75, 3.05) is 0 Å². The Morgan fingerprint density at radius 1 is 1.27 bits per heavy atom. The van der Waals surface area contributed by atoms with Crippen molar-refractivity contribution >= 4 is 21.7 Å². The van der Waals surface area contributed by atoms with Crippen LogP contribution in [-0.2, 0) is 0 Å². The molecule has 0 unspecified atom stereocenters. The van der Waals surface area contributed by atoms with Gasteiger partial charge >= 0.3 is 0 Å². The zero-order chi connectivity index (χ0) is 10.8. The Hall–Kier alpha value is -1.35. The van der Waals surface area contributed by atoms with Gasteiger partial charge in [0.15, 0.2) is 5.76 Å². The van der Waals surface area contributed by atoms with Gasteiger partial charge in [0, 0.05) is 10.0 Å². The fourth-order valence-electron chi connectivity index (χ4n) is 1.36. The second-order valence-corrected chi connectivity index (χ2v) is 4.04. The molecule has 0 amide bonds. The maximum atomic E-state index is 12.0. The summed E-state index contributed by atoms with van der Waals surface area (Å²) in [6.07, 6.45) is 1.50. The first-order chi connectivity index (χ1) is 7.20. The molecule has 0 saturated carbocycles. The molecule has 15 heavy (non-hydrogen) atoms. The highest BCUT2D eigenvalue weighted by molar-refractivity contribution is 9.10. The van der Waals surface area contributed by atoms with Gasteiger partial charge in [0.2, 0.25) is 5.78 Å². The molecule has 3 heteroatoms. The third kappa shape index (κ3) is 1.88. The van der Waals surface area contributed by atoms with E-state index < -0.39 is 0 Å². The molecular formula is C12H9BrO2. The fraction of sp³-hybridized carbons (Fsp3) is 0.0833. The van der Waals surface area contributed by atoms with Crippen LogP contribution in [0.2, 0.25) is 0 Å². The van der Waals surface area contributed by atoms with Crippen LogP contribution in [0.3, 0.4) is 0 Å². The first-order valence-electron chi connectivity index (χ1n) is 4.53. The molecule has 0 aliphatic rings. The van der Waals surface area contributed by atoms with Gasteiger partial charge in [0.1, 0.15) is 0 Å². The number of hydrogen-bond donors (Lipinski definition) is 0. The van der Waals surface area contributed by atoms with Crippen LogP contribution in [0.1, 0.15) is 21.7 Å².